The monoisotopic (exact) mass is 262 g/mol. The zero-order chi connectivity index (χ0) is 13.7. The molecule has 0 spiro atoms. The lowest BCUT2D eigenvalue weighted by Gasteiger charge is -2.29. The molecule has 1 saturated heterocycles. The summed E-state index contributed by atoms with van der Waals surface area (Å²) in [5.74, 6) is 0.163. The highest BCUT2D eigenvalue weighted by Crippen LogP contribution is 2.05. The van der Waals surface area contributed by atoms with E-state index >= 15 is 0 Å². The number of nitrogens with one attached hydrogen (secondary N) is 1. The van der Waals surface area contributed by atoms with Crippen LogP contribution in [0.1, 0.15) is 18.1 Å². The Kier molecular flexibility index (Phi) is 4.93. The highest BCUT2D eigenvalue weighted by molar-refractivity contribution is 5.81. The summed E-state index contributed by atoms with van der Waals surface area (Å²) in [7, 11) is 0. The van der Waals surface area contributed by atoms with Crippen molar-refractivity contribution in [1.29, 1.82) is 0 Å². The summed E-state index contributed by atoms with van der Waals surface area (Å²) < 4.78 is 5.26. The van der Waals surface area contributed by atoms with Crippen LogP contribution in [-0.2, 0) is 16.1 Å². The molecule has 1 fully saturated rings. The van der Waals surface area contributed by atoms with Crippen molar-refractivity contribution in [3.8, 4) is 0 Å². The molecule has 1 aliphatic rings. The molecule has 0 radical (unpaired) electrons. The second kappa shape index (κ2) is 6.68. The van der Waals surface area contributed by atoms with Gasteiger partial charge in [0.25, 0.3) is 0 Å². The Labute approximate surface area is 114 Å². The molecule has 1 aliphatic heterocycles. The van der Waals surface area contributed by atoms with Gasteiger partial charge in [0.1, 0.15) is 0 Å². The van der Waals surface area contributed by atoms with Crippen LogP contribution in [0.25, 0.3) is 0 Å². The van der Waals surface area contributed by atoms with Crippen LogP contribution in [0.3, 0.4) is 0 Å². The maximum absolute atomic E-state index is 12.2. The molecule has 2 rings (SSSR count). The summed E-state index contributed by atoms with van der Waals surface area (Å²) in [6.45, 7) is 7.43. The van der Waals surface area contributed by atoms with Gasteiger partial charge in [-0.15, -0.1) is 0 Å². The summed E-state index contributed by atoms with van der Waals surface area (Å²) in [5, 5.41) is 3.29. The van der Waals surface area contributed by atoms with E-state index < -0.39 is 0 Å². The molecule has 1 N–H and O–H groups in total. The van der Waals surface area contributed by atoms with Crippen molar-refractivity contribution < 1.29 is 9.53 Å². The first kappa shape index (κ1) is 14.0. The van der Waals surface area contributed by atoms with Gasteiger partial charge in [-0.3, -0.25) is 4.79 Å². The van der Waals surface area contributed by atoms with Gasteiger partial charge in [-0.05, 0) is 19.4 Å². The fourth-order valence-corrected chi connectivity index (χ4v) is 2.24. The largest absolute Gasteiger partial charge is 0.378 e. The Balaban J connectivity index is 1.83. The molecule has 1 atom stereocenters. The quantitative estimate of drug-likeness (QED) is 0.890. The van der Waals surface area contributed by atoms with Gasteiger partial charge in [-0.25, -0.2) is 0 Å². The number of rotatable bonds is 4. The number of carbonyl (C=O) groups excluding carboxylic acids is 1. The number of nitrogens with zero attached hydrogens (tertiary/aromatic N) is 1. The number of ether oxygens (including phenoxy) is 1. The summed E-state index contributed by atoms with van der Waals surface area (Å²) in [5.41, 5.74) is 2.45. The van der Waals surface area contributed by atoms with Crippen LogP contribution >= 0.6 is 0 Å². The highest BCUT2D eigenvalue weighted by atomic mass is 16.5. The number of aryl methyl sites for hydroxylation is 1. The minimum absolute atomic E-state index is 0.154. The van der Waals surface area contributed by atoms with Crippen LogP contribution in [0.2, 0.25) is 0 Å². The summed E-state index contributed by atoms with van der Waals surface area (Å²) in [6, 6.07) is 8.18. The van der Waals surface area contributed by atoms with Gasteiger partial charge in [0.15, 0.2) is 0 Å². The second-order valence-corrected chi connectivity index (χ2v) is 5.03. The fourth-order valence-electron chi connectivity index (χ4n) is 2.24. The zero-order valence-electron chi connectivity index (χ0n) is 11.7. The van der Waals surface area contributed by atoms with Crippen LogP contribution in [0, 0.1) is 6.92 Å². The molecule has 1 heterocycles. The Morgan fingerprint density at radius 3 is 2.84 bits per heavy atom. The fraction of sp³-hybridized carbons (Fsp3) is 0.533. The van der Waals surface area contributed by atoms with Crippen LogP contribution in [0.5, 0.6) is 0 Å². The van der Waals surface area contributed by atoms with E-state index in [1.54, 1.807) is 0 Å². The molecular formula is C15H22N2O2. The Hall–Kier alpha value is -1.39. The number of hydrogen-bond donors (Lipinski definition) is 1. The minimum Gasteiger partial charge on any atom is -0.378 e. The smallest absolute Gasteiger partial charge is 0.239 e. The van der Waals surface area contributed by atoms with E-state index in [9.17, 15) is 4.79 Å². The standard InChI is InChI=1S/C15H22N2O2/c1-12-4-3-5-14(10-12)11-16-13(2)15(18)17-6-8-19-9-7-17/h3-5,10,13,16H,6-9,11H2,1-2H3. The van der Waals surface area contributed by atoms with E-state index in [1.807, 2.05) is 17.9 Å². The van der Waals surface area contributed by atoms with Crippen LogP contribution < -0.4 is 5.32 Å². The SMILES string of the molecule is Cc1cccc(CNC(C)C(=O)N2CCOCC2)c1. The molecule has 0 aliphatic carbocycles. The number of amides is 1. The van der Waals surface area contributed by atoms with Crippen molar-refractivity contribution in [3.05, 3.63) is 35.4 Å². The molecule has 1 amide bonds. The van der Waals surface area contributed by atoms with Crippen molar-refractivity contribution in [3.63, 3.8) is 0 Å². The number of morpholine rings is 1. The Morgan fingerprint density at radius 2 is 2.16 bits per heavy atom. The van der Waals surface area contributed by atoms with Gasteiger partial charge in [0, 0.05) is 19.6 Å². The zero-order valence-corrected chi connectivity index (χ0v) is 11.7. The summed E-state index contributed by atoms with van der Waals surface area (Å²) in [6.07, 6.45) is 0. The van der Waals surface area contributed by atoms with E-state index in [4.69, 9.17) is 4.74 Å². The van der Waals surface area contributed by atoms with Crippen molar-refractivity contribution in [2.75, 3.05) is 26.3 Å². The highest BCUT2D eigenvalue weighted by Gasteiger charge is 2.21. The predicted octanol–water partition coefficient (Wildman–Crippen LogP) is 1.33. The van der Waals surface area contributed by atoms with E-state index in [1.165, 1.54) is 11.1 Å². The van der Waals surface area contributed by atoms with Crippen molar-refractivity contribution in [1.82, 2.24) is 10.2 Å². The lowest BCUT2D eigenvalue weighted by Crippen LogP contribution is -2.49. The first-order valence-electron chi connectivity index (χ1n) is 6.82. The Bertz CT molecular complexity index is 428. The summed E-state index contributed by atoms with van der Waals surface area (Å²) in [4.78, 5) is 14.1. The molecule has 19 heavy (non-hydrogen) atoms. The van der Waals surface area contributed by atoms with Crippen molar-refractivity contribution in [2.24, 2.45) is 0 Å². The molecule has 104 valence electrons. The lowest BCUT2D eigenvalue weighted by molar-refractivity contribution is -0.137. The number of carbonyl (C=O) groups is 1. The van der Waals surface area contributed by atoms with Gasteiger partial charge in [-0.2, -0.15) is 0 Å². The molecule has 4 heteroatoms. The third kappa shape index (κ3) is 4.04. The average molecular weight is 262 g/mol. The van der Waals surface area contributed by atoms with Gasteiger partial charge in [0.05, 0.1) is 19.3 Å². The third-order valence-corrected chi connectivity index (χ3v) is 3.39. The molecule has 1 aromatic rings. The average Bonchev–Trinajstić information content (AvgIpc) is 2.45. The third-order valence-electron chi connectivity index (χ3n) is 3.39. The maximum Gasteiger partial charge on any atom is 0.239 e. The normalized spacial score (nSPS) is 17.3. The molecule has 1 aromatic carbocycles. The first-order chi connectivity index (χ1) is 9.16. The summed E-state index contributed by atoms with van der Waals surface area (Å²) >= 11 is 0. The minimum atomic E-state index is -0.154. The van der Waals surface area contributed by atoms with Gasteiger partial charge in [0.2, 0.25) is 5.91 Å². The Morgan fingerprint density at radius 1 is 1.42 bits per heavy atom. The number of benzene rings is 1. The topological polar surface area (TPSA) is 41.6 Å². The van der Waals surface area contributed by atoms with Crippen molar-refractivity contribution >= 4 is 5.91 Å². The van der Waals surface area contributed by atoms with E-state index in [0.717, 1.165) is 6.54 Å². The molecular weight excluding hydrogens is 240 g/mol. The lowest BCUT2D eigenvalue weighted by atomic mass is 10.1. The van der Waals surface area contributed by atoms with E-state index in [0.29, 0.717) is 26.3 Å². The van der Waals surface area contributed by atoms with Gasteiger partial charge in [-0.1, -0.05) is 29.8 Å². The van der Waals surface area contributed by atoms with Gasteiger partial charge < -0.3 is 15.0 Å². The molecule has 0 aromatic heterocycles. The molecule has 4 nitrogen and oxygen atoms in total. The van der Waals surface area contributed by atoms with Crippen molar-refractivity contribution in [2.45, 2.75) is 26.4 Å². The number of hydrogen-bond acceptors (Lipinski definition) is 3. The van der Waals surface area contributed by atoms with E-state index in [-0.39, 0.29) is 11.9 Å². The van der Waals surface area contributed by atoms with Crippen LogP contribution in [0.4, 0.5) is 0 Å². The predicted molar refractivity (Wildman–Crippen MR) is 74.9 cm³/mol. The van der Waals surface area contributed by atoms with Gasteiger partial charge >= 0.3 is 0 Å². The molecule has 1 unspecified atom stereocenters. The molecule has 0 saturated carbocycles. The molecule has 0 bridgehead atoms. The van der Waals surface area contributed by atoms with Crippen LogP contribution in [0.15, 0.2) is 24.3 Å². The maximum atomic E-state index is 12.2. The second-order valence-electron chi connectivity index (χ2n) is 5.03. The van der Waals surface area contributed by atoms with E-state index in [2.05, 4.69) is 30.4 Å². The first-order valence-corrected chi connectivity index (χ1v) is 6.82. The van der Waals surface area contributed by atoms with Crippen LogP contribution in [-0.4, -0.2) is 43.2 Å².